The molecule has 0 amide bonds. The first kappa shape index (κ1) is 20.7. The Bertz CT molecular complexity index is 1270. The number of aromatic nitrogens is 3. The molecular weight excluding hydrogens is 416 g/mol. The van der Waals surface area contributed by atoms with Gasteiger partial charge in [0.15, 0.2) is 9.84 Å². The fraction of sp³-hybridized carbons (Fsp3) is 0.238. The molecule has 0 radical (unpaired) electrons. The number of aliphatic hydroxyl groups is 1. The molecule has 3 aromatic rings. The summed E-state index contributed by atoms with van der Waals surface area (Å²) in [6.07, 6.45) is 5.27. The van der Waals surface area contributed by atoms with Gasteiger partial charge in [0.05, 0.1) is 11.8 Å². The van der Waals surface area contributed by atoms with Gasteiger partial charge in [0.2, 0.25) is 0 Å². The van der Waals surface area contributed by atoms with Crippen LogP contribution in [-0.4, -0.2) is 34.7 Å². The van der Waals surface area contributed by atoms with Crippen molar-refractivity contribution >= 4 is 33.0 Å². The van der Waals surface area contributed by atoms with Crippen molar-refractivity contribution in [3.8, 4) is 6.07 Å². The number of aliphatic hydroxyl groups excluding tert-OH is 1. The van der Waals surface area contributed by atoms with Crippen LogP contribution in [0.4, 0.5) is 23.1 Å². The molecule has 0 aliphatic heterocycles. The van der Waals surface area contributed by atoms with Gasteiger partial charge in [0.1, 0.15) is 34.1 Å². The molecule has 0 bridgehead atoms. The van der Waals surface area contributed by atoms with Crippen LogP contribution in [0, 0.1) is 17.2 Å². The van der Waals surface area contributed by atoms with Crippen LogP contribution >= 0.6 is 0 Å². The van der Waals surface area contributed by atoms with E-state index < -0.39 is 15.9 Å². The van der Waals surface area contributed by atoms with Crippen LogP contribution in [0.5, 0.6) is 0 Å². The van der Waals surface area contributed by atoms with Crippen LogP contribution < -0.4 is 10.6 Å². The monoisotopic (exact) mass is 436 g/mol. The topological polar surface area (TPSA) is 141 Å². The van der Waals surface area contributed by atoms with Crippen molar-refractivity contribution in [3.05, 3.63) is 60.0 Å². The van der Waals surface area contributed by atoms with E-state index in [1.165, 1.54) is 12.3 Å². The Morgan fingerprint density at radius 1 is 1.16 bits per heavy atom. The largest absolute Gasteiger partial charge is 0.388 e. The van der Waals surface area contributed by atoms with Crippen LogP contribution in [-0.2, 0) is 9.84 Å². The molecule has 1 atom stereocenters. The minimum atomic E-state index is -3.52. The lowest BCUT2D eigenvalue weighted by molar-refractivity contribution is 0.154. The average Bonchev–Trinajstić information content (AvgIpc) is 3.59. The van der Waals surface area contributed by atoms with Crippen molar-refractivity contribution < 1.29 is 13.5 Å². The number of nitrogens with zero attached hydrogens (tertiary/aromatic N) is 4. The maximum absolute atomic E-state index is 12.2. The first-order valence-corrected chi connectivity index (χ1v) is 11.5. The van der Waals surface area contributed by atoms with Crippen LogP contribution in [0.15, 0.2) is 53.7 Å². The maximum atomic E-state index is 12.2. The second-order valence-corrected chi connectivity index (χ2v) is 9.32. The van der Waals surface area contributed by atoms with E-state index in [-0.39, 0.29) is 22.3 Å². The molecule has 1 saturated carbocycles. The van der Waals surface area contributed by atoms with E-state index in [0.717, 1.165) is 19.1 Å². The molecule has 1 aliphatic rings. The van der Waals surface area contributed by atoms with Gasteiger partial charge < -0.3 is 15.7 Å². The Morgan fingerprint density at radius 2 is 1.97 bits per heavy atom. The van der Waals surface area contributed by atoms with E-state index in [2.05, 4.69) is 25.6 Å². The molecule has 0 saturated heterocycles. The molecule has 158 valence electrons. The summed E-state index contributed by atoms with van der Waals surface area (Å²) in [5, 5.41) is 25.8. The first-order chi connectivity index (χ1) is 14.8. The van der Waals surface area contributed by atoms with Crippen molar-refractivity contribution in [3.63, 3.8) is 0 Å². The molecule has 3 N–H and O–H groups in total. The molecule has 10 heteroatoms. The summed E-state index contributed by atoms with van der Waals surface area (Å²) in [4.78, 5) is 12.8. The minimum Gasteiger partial charge on any atom is -0.388 e. The molecule has 0 aromatic carbocycles. The highest BCUT2D eigenvalue weighted by molar-refractivity contribution is 7.90. The Kier molecular flexibility index (Phi) is 5.54. The van der Waals surface area contributed by atoms with Gasteiger partial charge in [-0.3, -0.25) is 0 Å². The Hall–Kier alpha value is -3.55. The minimum absolute atomic E-state index is 0.0524. The van der Waals surface area contributed by atoms with Gasteiger partial charge in [0, 0.05) is 30.3 Å². The van der Waals surface area contributed by atoms with E-state index in [0.29, 0.717) is 22.9 Å². The number of hydrogen-bond acceptors (Lipinski definition) is 9. The number of hydrogen-bond donors (Lipinski definition) is 3. The quantitative estimate of drug-likeness (QED) is 0.509. The van der Waals surface area contributed by atoms with Gasteiger partial charge in [-0.15, -0.1) is 0 Å². The van der Waals surface area contributed by atoms with Crippen molar-refractivity contribution in [1.29, 1.82) is 5.26 Å². The van der Waals surface area contributed by atoms with Crippen molar-refractivity contribution in [2.75, 3.05) is 16.9 Å². The lowest BCUT2D eigenvalue weighted by Gasteiger charge is -2.18. The molecule has 1 unspecified atom stereocenters. The highest BCUT2D eigenvalue weighted by atomic mass is 32.2. The Labute approximate surface area is 179 Å². The Balaban J connectivity index is 1.72. The smallest absolute Gasteiger partial charge is 0.179 e. The molecule has 1 aliphatic carbocycles. The fourth-order valence-electron chi connectivity index (χ4n) is 3.15. The predicted octanol–water partition coefficient (Wildman–Crippen LogP) is 3.08. The molecule has 1 fully saturated rings. The number of anilines is 4. The van der Waals surface area contributed by atoms with Gasteiger partial charge in [-0.25, -0.2) is 23.4 Å². The van der Waals surface area contributed by atoms with Crippen LogP contribution in [0.3, 0.4) is 0 Å². The second kappa shape index (κ2) is 8.29. The highest BCUT2D eigenvalue weighted by Crippen LogP contribution is 2.43. The summed E-state index contributed by atoms with van der Waals surface area (Å²) in [6.45, 7) is 0. The molecular formula is C21H20N6O3S. The van der Waals surface area contributed by atoms with Gasteiger partial charge in [-0.1, -0.05) is 6.07 Å². The summed E-state index contributed by atoms with van der Waals surface area (Å²) in [7, 11) is -3.52. The van der Waals surface area contributed by atoms with Crippen molar-refractivity contribution in [2.45, 2.75) is 23.8 Å². The normalized spacial score (nSPS) is 14.5. The summed E-state index contributed by atoms with van der Waals surface area (Å²) in [5.41, 5.74) is 1.30. The van der Waals surface area contributed by atoms with Crippen LogP contribution in [0.25, 0.3) is 0 Å². The van der Waals surface area contributed by atoms with E-state index in [1.807, 2.05) is 6.07 Å². The van der Waals surface area contributed by atoms with Crippen molar-refractivity contribution in [2.24, 2.45) is 5.92 Å². The zero-order valence-corrected chi connectivity index (χ0v) is 17.5. The molecule has 3 heterocycles. The summed E-state index contributed by atoms with van der Waals surface area (Å²) < 4.78 is 24.3. The van der Waals surface area contributed by atoms with E-state index in [1.54, 1.807) is 36.5 Å². The van der Waals surface area contributed by atoms with Gasteiger partial charge in [-0.2, -0.15) is 5.26 Å². The maximum Gasteiger partial charge on any atom is 0.179 e. The number of rotatable bonds is 7. The zero-order chi connectivity index (χ0) is 22.0. The standard InChI is InChI=1S/C21H20N6O3S/c1-31(29,30)17-5-3-9-23-21(17)26-16-10-19(24-12-15(16)20(28)13-7-8-13)27-18-6-2-4-14(11-22)25-18/h2-6,9-10,12-13,20,28H,7-8H2,1H3,(H2,23,24,25,26,27). The number of pyridine rings is 3. The average molecular weight is 436 g/mol. The third kappa shape index (κ3) is 4.79. The first-order valence-electron chi connectivity index (χ1n) is 9.59. The zero-order valence-electron chi connectivity index (χ0n) is 16.6. The van der Waals surface area contributed by atoms with Gasteiger partial charge in [0.25, 0.3) is 0 Å². The number of sulfone groups is 1. The lowest BCUT2D eigenvalue weighted by Crippen LogP contribution is -2.09. The van der Waals surface area contributed by atoms with Gasteiger partial charge >= 0.3 is 0 Å². The van der Waals surface area contributed by atoms with Crippen molar-refractivity contribution in [1.82, 2.24) is 15.0 Å². The lowest BCUT2D eigenvalue weighted by atomic mass is 10.1. The number of nitriles is 1. The van der Waals surface area contributed by atoms with E-state index in [4.69, 9.17) is 5.26 Å². The van der Waals surface area contributed by atoms with Crippen LogP contribution in [0.1, 0.15) is 30.2 Å². The predicted molar refractivity (Wildman–Crippen MR) is 115 cm³/mol. The third-order valence-electron chi connectivity index (χ3n) is 4.86. The van der Waals surface area contributed by atoms with E-state index in [9.17, 15) is 13.5 Å². The number of nitrogens with one attached hydrogen (secondary N) is 2. The van der Waals surface area contributed by atoms with E-state index >= 15 is 0 Å². The molecule has 9 nitrogen and oxygen atoms in total. The molecule has 31 heavy (non-hydrogen) atoms. The third-order valence-corrected chi connectivity index (χ3v) is 5.99. The fourth-order valence-corrected chi connectivity index (χ4v) is 3.93. The summed E-state index contributed by atoms with van der Waals surface area (Å²) >= 11 is 0. The molecule has 4 rings (SSSR count). The highest BCUT2D eigenvalue weighted by Gasteiger charge is 2.33. The van der Waals surface area contributed by atoms with Gasteiger partial charge in [-0.05, 0) is 43.0 Å². The Morgan fingerprint density at radius 3 is 2.68 bits per heavy atom. The molecule has 3 aromatic heterocycles. The second-order valence-electron chi connectivity index (χ2n) is 7.33. The summed E-state index contributed by atoms with van der Waals surface area (Å²) in [6, 6.07) is 11.6. The summed E-state index contributed by atoms with van der Waals surface area (Å²) in [5.74, 6) is 1.15. The molecule has 0 spiro atoms. The SMILES string of the molecule is CS(=O)(=O)c1cccnc1Nc1cc(Nc2cccc(C#N)n2)ncc1C(O)C1CC1. The van der Waals surface area contributed by atoms with Crippen LogP contribution in [0.2, 0.25) is 0 Å².